The van der Waals surface area contributed by atoms with E-state index >= 15 is 0 Å². The summed E-state index contributed by atoms with van der Waals surface area (Å²) in [5.41, 5.74) is -0.394. The molecule has 0 atom stereocenters. The highest BCUT2D eigenvalue weighted by atomic mass is 19.4. The molecule has 1 aromatic carbocycles. The van der Waals surface area contributed by atoms with Gasteiger partial charge in [-0.15, -0.1) is 0 Å². The Morgan fingerprint density at radius 1 is 1.16 bits per heavy atom. The molecule has 0 bridgehead atoms. The minimum Gasteiger partial charge on any atom is -0.460 e. The Labute approximate surface area is 181 Å². The molecule has 0 aliphatic carbocycles. The second-order valence-electron chi connectivity index (χ2n) is 7.98. The monoisotopic (exact) mass is 452 g/mol. The Kier molecular flexibility index (Phi) is 5.68. The van der Waals surface area contributed by atoms with Gasteiger partial charge in [0.1, 0.15) is 11.3 Å². The molecule has 1 aliphatic heterocycles. The average molecular weight is 452 g/mol. The minimum absolute atomic E-state index is 0.0558. The molecule has 1 fully saturated rings. The number of benzene rings is 1. The summed E-state index contributed by atoms with van der Waals surface area (Å²) in [6, 6.07) is 7.07. The number of nitrogens with zero attached hydrogens (tertiary/aromatic N) is 2. The molecule has 4 rings (SSSR count). The van der Waals surface area contributed by atoms with Crippen molar-refractivity contribution in [2.45, 2.75) is 44.7 Å². The van der Waals surface area contributed by atoms with Gasteiger partial charge in [0.05, 0.1) is 16.8 Å². The zero-order chi connectivity index (χ0) is 23.1. The van der Waals surface area contributed by atoms with Crippen LogP contribution in [-0.4, -0.2) is 34.8 Å². The number of halogens is 5. The minimum atomic E-state index is -4.61. The molecule has 0 unspecified atom stereocenters. The van der Waals surface area contributed by atoms with Gasteiger partial charge in [0.2, 0.25) is 0 Å². The molecule has 0 N–H and O–H groups in total. The van der Waals surface area contributed by atoms with Crippen molar-refractivity contribution in [1.82, 2.24) is 9.88 Å². The van der Waals surface area contributed by atoms with Crippen LogP contribution in [0.25, 0.3) is 22.2 Å². The number of alkyl halides is 5. The Morgan fingerprint density at radius 3 is 2.47 bits per heavy atom. The van der Waals surface area contributed by atoms with Gasteiger partial charge in [-0.3, -0.25) is 9.78 Å². The van der Waals surface area contributed by atoms with Gasteiger partial charge in [0, 0.05) is 49.5 Å². The number of hydrogen-bond acceptors (Lipinski definition) is 3. The van der Waals surface area contributed by atoms with E-state index in [1.165, 1.54) is 23.2 Å². The maximum atomic E-state index is 13.7. The number of aryl methyl sites for hydroxylation is 1. The van der Waals surface area contributed by atoms with Crippen LogP contribution in [0.15, 0.2) is 40.9 Å². The topological polar surface area (TPSA) is 46.3 Å². The third-order valence-electron chi connectivity index (χ3n) is 5.56. The number of likely N-dealkylation sites (tertiary alicyclic amines) is 1. The molecule has 9 heteroatoms. The third-order valence-corrected chi connectivity index (χ3v) is 5.56. The van der Waals surface area contributed by atoms with Crippen molar-refractivity contribution in [3.8, 4) is 11.3 Å². The Hall–Kier alpha value is -2.97. The lowest BCUT2D eigenvalue weighted by molar-refractivity contribution is -0.136. The second kappa shape index (κ2) is 8.18. The third kappa shape index (κ3) is 4.47. The SMILES string of the molecule is CCCc1cc2cc(-c3ccc(C(=O)N4CCC(F)(F)CC4)cn3)cc(C(F)(F)F)c2o1. The maximum absolute atomic E-state index is 13.7. The molecule has 0 spiro atoms. The predicted octanol–water partition coefficient (Wildman–Crippen LogP) is 6.34. The van der Waals surface area contributed by atoms with Crippen molar-refractivity contribution in [1.29, 1.82) is 0 Å². The van der Waals surface area contributed by atoms with E-state index in [1.54, 1.807) is 12.1 Å². The van der Waals surface area contributed by atoms with Gasteiger partial charge in [-0.2, -0.15) is 13.2 Å². The molecular formula is C23H21F5N2O2. The lowest BCUT2D eigenvalue weighted by Gasteiger charge is -2.31. The van der Waals surface area contributed by atoms with E-state index in [2.05, 4.69) is 4.98 Å². The molecule has 1 aliphatic rings. The van der Waals surface area contributed by atoms with Crippen molar-refractivity contribution < 1.29 is 31.2 Å². The van der Waals surface area contributed by atoms with Crippen LogP contribution in [0.1, 0.15) is 47.9 Å². The van der Waals surface area contributed by atoms with Crippen LogP contribution in [0.3, 0.4) is 0 Å². The van der Waals surface area contributed by atoms with Crippen LogP contribution in [0, 0.1) is 0 Å². The molecule has 170 valence electrons. The van der Waals surface area contributed by atoms with Crippen LogP contribution in [0.4, 0.5) is 22.0 Å². The van der Waals surface area contributed by atoms with Crippen LogP contribution in [0.2, 0.25) is 0 Å². The summed E-state index contributed by atoms with van der Waals surface area (Å²) in [6.07, 6.45) is -2.87. The van der Waals surface area contributed by atoms with E-state index < -0.39 is 36.4 Å². The summed E-state index contributed by atoms with van der Waals surface area (Å²) in [6.45, 7) is 1.80. The van der Waals surface area contributed by atoms with Crippen molar-refractivity contribution in [2.24, 2.45) is 0 Å². The predicted molar refractivity (Wildman–Crippen MR) is 109 cm³/mol. The highest BCUT2D eigenvalue weighted by molar-refractivity contribution is 5.94. The fourth-order valence-corrected chi connectivity index (χ4v) is 3.85. The number of carbonyl (C=O) groups is 1. The normalized spacial score (nSPS) is 16.5. The summed E-state index contributed by atoms with van der Waals surface area (Å²) < 4.78 is 73.0. The van der Waals surface area contributed by atoms with Gasteiger partial charge in [0.15, 0.2) is 0 Å². The number of hydrogen-bond donors (Lipinski definition) is 0. The van der Waals surface area contributed by atoms with Gasteiger partial charge < -0.3 is 9.32 Å². The average Bonchev–Trinajstić information content (AvgIpc) is 3.14. The zero-order valence-electron chi connectivity index (χ0n) is 17.3. The molecule has 0 radical (unpaired) electrons. The summed E-state index contributed by atoms with van der Waals surface area (Å²) in [7, 11) is 0. The molecule has 4 nitrogen and oxygen atoms in total. The van der Waals surface area contributed by atoms with Crippen LogP contribution < -0.4 is 0 Å². The van der Waals surface area contributed by atoms with Crippen LogP contribution >= 0.6 is 0 Å². The quantitative estimate of drug-likeness (QED) is 0.434. The summed E-state index contributed by atoms with van der Waals surface area (Å²) in [5.74, 6) is -2.71. The molecular weight excluding hydrogens is 431 g/mol. The van der Waals surface area contributed by atoms with E-state index in [9.17, 15) is 26.7 Å². The number of carbonyl (C=O) groups excluding carboxylic acids is 1. The van der Waals surface area contributed by atoms with Crippen molar-refractivity contribution in [3.63, 3.8) is 0 Å². The number of piperidine rings is 1. The van der Waals surface area contributed by atoms with E-state index in [4.69, 9.17) is 4.42 Å². The summed E-state index contributed by atoms with van der Waals surface area (Å²) in [5, 5.41) is 0.328. The first-order valence-electron chi connectivity index (χ1n) is 10.3. The van der Waals surface area contributed by atoms with Crippen LogP contribution in [-0.2, 0) is 12.6 Å². The Bertz CT molecular complexity index is 1130. The van der Waals surface area contributed by atoms with E-state index in [0.29, 0.717) is 17.6 Å². The molecule has 0 saturated carbocycles. The molecule has 1 saturated heterocycles. The zero-order valence-corrected chi connectivity index (χ0v) is 17.3. The van der Waals surface area contributed by atoms with Gasteiger partial charge in [-0.25, -0.2) is 8.78 Å². The first-order chi connectivity index (χ1) is 15.1. The first-order valence-corrected chi connectivity index (χ1v) is 10.3. The van der Waals surface area contributed by atoms with Crippen LogP contribution in [0.5, 0.6) is 0 Å². The lowest BCUT2D eigenvalue weighted by Crippen LogP contribution is -2.42. The molecule has 3 heterocycles. The number of amides is 1. The number of aromatic nitrogens is 1. The lowest BCUT2D eigenvalue weighted by atomic mass is 10.0. The number of pyridine rings is 1. The van der Waals surface area contributed by atoms with E-state index in [0.717, 1.165) is 12.5 Å². The van der Waals surface area contributed by atoms with Gasteiger partial charge >= 0.3 is 6.18 Å². The molecule has 1 amide bonds. The highest BCUT2D eigenvalue weighted by Crippen LogP contribution is 2.39. The standard InChI is InChI=1S/C23H21F5N2O2/c1-2-3-17-11-16-10-15(12-18(20(16)32-17)23(26,27)28)19-5-4-14(13-29-19)21(31)30-8-6-22(24,25)7-9-30/h4-5,10-13H,2-3,6-9H2,1H3. The highest BCUT2D eigenvalue weighted by Gasteiger charge is 2.36. The van der Waals surface area contributed by atoms with E-state index in [-0.39, 0.29) is 35.5 Å². The number of fused-ring (bicyclic) bond motifs is 1. The van der Waals surface area contributed by atoms with Crippen molar-refractivity contribution in [2.75, 3.05) is 13.1 Å². The summed E-state index contributed by atoms with van der Waals surface area (Å²) >= 11 is 0. The van der Waals surface area contributed by atoms with E-state index in [1.807, 2.05) is 6.92 Å². The second-order valence-corrected chi connectivity index (χ2v) is 7.98. The molecule has 3 aromatic rings. The number of rotatable bonds is 4. The Balaban J connectivity index is 1.63. The first kappa shape index (κ1) is 22.2. The van der Waals surface area contributed by atoms with Gasteiger partial charge in [-0.1, -0.05) is 6.92 Å². The number of furan rings is 1. The molecule has 2 aromatic heterocycles. The van der Waals surface area contributed by atoms with Crippen molar-refractivity contribution >= 4 is 16.9 Å². The van der Waals surface area contributed by atoms with Gasteiger partial charge in [0.25, 0.3) is 11.8 Å². The fraction of sp³-hybridized carbons (Fsp3) is 0.391. The smallest absolute Gasteiger partial charge is 0.420 e. The Morgan fingerprint density at radius 2 is 1.88 bits per heavy atom. The largest absolute Gasteiger partial charge is 0.460 e. The summed E-state index contributed by atoms with van der Waals surface area (Å²) in [4.78, 5) is 18.1. The maximum Gasteiger partial charge on any atom is 0.420 e. The fourth-order valence-electron chi connectivity index (χ4n) is 3.85. The van der Waals surface area contributed by atoms with Gasteiger partial charge in [-0.05, 0) is 36.8 Å². The van der Waals surface area contributed by atoms with Crippen molar-refractivity contribution in [3.05, 3.63) is 53.4 Å². The molecule has 32 heavy (non-hydrogen) atoms.